The molecule has 182 valence electrons. The lowest BCUT2D eigenvalue weighted by molar-refractivity contribution is -0.118. The molecule has 37 heavy (non-hydrogen) atoms. The summed E-state index contributed by atoms with van der Waals surface area (Å²) in [7, 11) is 0. The molecule has 5 aromatic rings. The predicted octanol–water partition coefficient (Wildman–Crippen LogP) is 6.24. The molecule has 6 heteroatoms. The van der Waals surface area contributed by atoms with Gasteiger partial charge >= 0.3 is 5.97 Å². The van der Waals surface area contributed by atoms with Crippen LogP contribution in [0.15, 0.2) is 97.1 Å². The topological polar surface area (TPSA) is 75.3 Å². The van der Waals surface area contributed by atoms with Crippen LogP contribution in [0.25, 0.3) is 22.4 Å². The van der Waals surface area contributed by atoms with E-state index in [1.807, 2.05) is 66.7 Å². The molecule has 1 aliphatic heterocycles. The number of nitrogens with zero attached hydrogens (tertiary/aromatic N) is 2. The molecule has 0 saturated heterocycles. The number of hydrogen-bond donors (Lipinski definition) is 1. The van der Waals surface area contributed by atoms with Crippen LogP contribution in [0, 0.1) is 0 Å². The largest absolute Gasteiger partial charge is 0.462 e. The predicted molar refractivity (Wildman–Crippen MR) is 144 cm³/mol. The molecule has 0 atom stereocenters. The Kier molecular flexibility index (Phi) is 5.98. The highest BCUT2D eigenvalue weighted by Gasteiger charge is 2.25. The first-order valence-corrected chi connectivity index (χ1v) is 12.4. The minimum atomic E-state index is -0.470. The Morgan fingerprint density at radius 3 is 2.16 bits per heavy atom. The van der Waals surface area contributed by atoms with E-state index in [1.54, 1.807) is 23.1 Å². The summed E-state index contributed by atoms with van der Waals surface area (Å²) in [6, 6.07) is 31.0. The molecule has 1 N–H and O–H groups in total. The van der Waals surface area contributed by atoms with E-state index in [-0.39, 0.29) is 18.9 Å². The molecule has 0 aliphatic carbocycles. The summed E-state index contributed by atoms with van der Waals surface area (Å²) in [5.74, 6) is 0.165. The van der Waals surface area contributed by atoms with Gasteiger partial charge in [0.15, 0.2) is 0 Å². The third-order valence-corrected chi connectivity index (χ3v) is 6.69. The number of para-hydroxylation sites is 2. The maximum absolute atomic E-state index is 13.4. The van der Waals surface area contributed by atoms with Gasteiger partial charge in [0.2, 0.25) is 5.91 Å². The van der Waals surface area contributed by atoms with Crippen LogP contribution in [0.5, 0.6) is 0 Å². The van der Waals surface area contributed by atoms with Crippen molar-refractivity contribution in [2.24, 2.45) is 0 Å². The summed E-state index contributed by atoms with van der Waals surface area (Å²) in [6.45, 7) is -0.00518. The Morgan fingerprint density at radius 2 is 1.46 bits per heavy atom. The molecule has 2 heterocycles. The van der Waals surface area contributed by atoms with Gasteiger partial charge in [0.1, 0.15) is 12.4 Å². The first-order chi connectivity index (χ1) is 18.2. The average Bonchev–Trinajstić information content (AvgIpc) is 3.29. The molecule has 0 radical (unpaired) electrons. The normalized spacial score (nSPS) is 12.5. The average molecular weight is 488 g/mol. The highest BCUT2D eigenvalue weighted by molar-refractivity contribution is 6.02. The van der Waals surface area contributed by atoms with Crippen LogP contribution >= 0.6 is 0 Å². The highest BCUT2D eigenvalue weighted by Crippen LogP contribution is 2.36. The molecule has 0 bridgehead atoms. The van der Waals surface area contributed by atoms with Crippen molar-refractivity contribution in [2.75, 3.05) is 11.5 Å². The molecule has 4 aromatic carbocycles. The molecule has 6 nitrogen and oxygen atoms in total. The third-order valence-electron chi connectivity index (χ3n) is 6.69. The van der Waals surface area contributed by atoms with Gasteiger partial charge < -0.3 is 9.72 Å². The number of fused-ring (bicyclic) bond motifs is 3. The number of carbonyl (C=O) groups is 2. The summed E-state index contributed by atoms with van der Waals surface area (Å²) in [5, 5.41) is 0. The fourth-order valence-electron chi connectivity index (χ4n) is 4.84. The maximum Gasteiger partial charge on any atom is 0.338 e. The molecule has 6 rings (SSSR count). The number of ether oxygens (including phenoxy) is 1. The monoisotopic (exact) mass is 487 g/mol. The van der Waals surface area contributed by atoms with Crippen molar-refractivity contribution < 1.29 is 14.3 Å². The molecule has 0 unspecified atom stereocenters. The zero-order valence-electron chi connectivity index (χ0n) is 20.2. The zero-order valence-corrected chi connectivity index (χ0v) is 20.2. The number of nitrogens with one attached hydrogen (secondary N) is 1. The molecule has 0 fully saturated rings. The lowest BCUT2D eigenvalue weighted by atomic mass is 10.0. The van der Waals surface area contributed by atoms with Crippen molar-refractivity contribution in [1.82, 2.24) is 9.97 Å². The second-order valence-corrected chi connectivity index (χ2v) is 9.06. The number of H-pyrrole nitrogens is 1. The minimum absolute atomic E-state index is 0.00518. The number of rotatable bonds is 5. The van der Waals surface area contributed by atoms with E-state index in [1.165, 1.54) is 0 Å². The molecular formula is C31H25N3O3. The van der Waals surface area contributed by atoms with Crippen molar-refractivity contribution >= 4 is 34.3 Å². The van der Waals surface area contributed by atoms with Gasteiger partial charge in [-0.3, -0.25) is 9.69 Å². The quantitative estimate of drug-likeness (QED) is 0.298. The molecule has 0 spiro atoms. The molecule has 1 aliphatic rings. The first kappa shape index (κ1) is 22.7. The lowest BCUT2D eigenvalue weighted by Gasteiger charge is -2.25. The number of amides is 1. The van der Waals surface area contributed by atoms with E-state index in [2.05, 4.69) is 22.1 Å². The lowest BCUT2D eigenvalue weighted by Crippen LogP contribution is -2.28. The third kappa shape index (κ3) is 4.49. The number of hydrogen-bond acceptors (Lipinski definition) is 4. The van der Waals surface area contributed by atoms with Crippen molar-refractivity contribution in [3.63, 3.8) is 0 Å². The van der Waals surface area contributed by atoms with Crippen LogP contribution in [-0.2, 0) is 22.4 Å². The number of aryl methyl sites for hydroxylation is 2. The Bertz CT molecular complexity index is 1560. The smallest absolute Gasteiger partial charge is 0.338 e. The molecular weight excluding hydrogens is 462 g/mol. The van der Waals surface area contributed by atoms with E-state index >= 15 is 0 Å². The van der Waals surface area contributed by atoms with Crippen LogP contribution in [0.4, 0.5) is 11.4 Å². The van der Waals surface area contributed by atoms with Gasteiger partial charge in [-0.15, -0.1) is 0 Å². The standard InChI is InChI=1S/C31H25N3O3/c35-29(34-27-12-6-4-8-21(27)14-15-22-9-5-7-13-28(22)34)18-19-37-31(36)24-16-17-25-26(20-24)33-30(32-25)23-10-2-1-3-11-23/h1-13,16-17,20H,14-15,18-19H2,(H,32,33). The number of carbonyl (C=O) groups excluding carboxylic acids is 2. The number of imidazole rings is 1. The van der Waals surface area contributed by atoms with Gasteiger partial charge in [-0.2, -0.15) is 0 Å². The van der Waals surface area contributed by atoms with Gasteiger partial charge in [-0.05, 0) is 54.3 Å². The molecule has 1 aromatic heterocycles. The summed E-state index contributed by atoms with van der Waals surface area (Å²) >= 11 is 0. The number of aromatic amines is 1. The SMILES string of the molecule is O=C(OCCC(=O)N1c2ccccc2CCc2ccccc21)c1ccc2nc(-c3ccccc3)[nH]c2c1. The second kappa shape index (κ2) is 9.74. The number of benzene rings is 4. The number of esters is 1. The fraction of sp³-hybridized carbons (Fsp3) is 0.129. The minimum Gasteiger partial charge on any atom is -0.462 e. The summed E-state index contributed by atoms with van der Waals surface area (Å²) < 4.78 is 5.52. The number of aromatic nitrogens is 2. The summed E-state index contributed by atoms with van der Waals surface area (Å²) in [5.41, 5.74) is 6.95. The molecule has 0 saturated carbocycles. The van der Waals surface area contributed by atoms with Gasteiger partial charge in [-0.25, -0.2) is 9.78 Å². The van der Waals surface area contributed by atoms with E-state index in [0.29, 0.717) is 5.56 Å². The first-order valence-electron chi connectivity index (χ1n) is 12.4. The number of anilines is 2. The summed E-state index contributed by atoms with van der Waals surface area (Å²) in [6.07, 6.45) is 1.82. The molecule has 1 amide bonds. The van der Waals surface area contributed by atoms with Crippen LogP contribution < -0.4 is 4.90 Å². The Morgan fingerprint density at radius 1 is 0.811 bits per heavy atom. The van der Waals surface area contributed by atoms with Crippen molar-refractivity contribution in [3.05, 3.63) is 114 Å². The van der Waals surface area contributed by atoms with Gasteiger partial charge in [0.25, 0.3) is 0 Å². The van der Waals surface area contributed by atoms with E-state index in [9.17, 15) is 9.59 Å². The second-order valence-electron chi connectivity index (χ2n) is 9.06. The van der Waals surface area contributed by atoms with Crippen LogP contribution in [0.1, 0.15) is 27.9 Å². The highest BCUT2D eigenvalue weighted by atomic mass is 16.5. The fourth-order valence-corrected chi connectivity index (χ4v) is 4.84. The van der Waals surface area contributed by atoms with Gasteiger partial charge in [0.05, 0.1) is 34.4 Å². The van der Waals surface area contributed by atoms with E-state index in [4.69, 9.17) is 4.74 Å². The van der Waals surface area contributed by atoms with Crippen molar-refractivity contribution in [2.45, 2.75) is 19.3 Å². The van der Waals surface area contributed by atoms with Gasteiger partial charge in [0, 0.05) is 5.56 Å². The Labute approximate surface area is 214 Å². The van der Waals surface area contributed by atoms with Crippen LogP contribution in [0.2, 0.25) is 0 Å². The van der Waals surface area contributed by atoms with Crippen LogP contribution in [-0.4, -0.2) is 28.5 Å². The Hall–Kier alpha value is -4.71. The van der Waals surface area contributed by atoms with Crippen molar-refractivity contribution in [1.29, 1.82) is 0 Å². The zero-order chi connectivity index (χ0) is 25.2. The van der Waals surface area contributed by atoms with Crippen LogP contribution in [0.3, 0.4) is 0 Å². The maximum atomic E-state index is 13.4. The summed E-state index contributed by atoms with van der Waals surface area (Å²) in [4.78, 5) is 35.9. The van der Waals surface area contributed by atoms with E-state index in [0.717, 1.165) is 57.8 Å². The van der Waals surface area contributed by atoms with E-state index < -0.39 is 5.97 Å². The van der Waals surface area contributed by atoms with Gasteiger partial charge in [-0.1, -0.05) is 66.7 Å². The van der Waals surface area contributed by atoms with Crippen molar-refractivity contribution in [3.8, 4) is 11.4 Å². The Balaban J connectivity index is 1.16.